The van der Waals surface area contributed by atoms with Crippen molar-refractivity contribution in [1.29, 1.82) is 0 Å². The number of hydrogen-bond acceptors (Lipinski definition) is 3. The average Bonchev–Trinajstić information content (AvgIpc) is 2.46. The number of halogens is 1. The van der Waals surface area contributed by atoms with Crippen LogP contribution in [0, 0.1) is 5.82 Å². The lowest BCUT2D eigenvalue weighted by Gasteiger charge is -2.20. The Balaban J connectivity index is 2.02. The Morgan fingerprint density at radius 1 is 1.14 bits per heavy atom. The van der Waals surface area contributed by atoms with Crippen molar-refractivity contribution in [3.8, 4) is 11.5 Å². The number of nitrogens with one attached hydrogen (secondary N) is 2. The number of amides is 2. The number of nitrogens with zero attached hydrogens (tertiary/aromatic N) is 1. The molecule has 0 saturated heterocycles. The number of carbonyl (C=O) groups excluding carboxylic acids is 1. The summed E-state index contributed by atoms with van der Waals surface area (Å²) in [7, 11) is 3.41. The van der Waals surface area contributed by atoms with Gasteiger partial charge >= 0.3 is 6.03 Å². The number of ether oxygens (including phenoxy) is 1. The van der Waals surface area contributed by atoms with Crippen LogP contribution in [0.25, 0.3) is 0 Å². The minimum absolute atomic E-state index is 0.357. The Morgan fingerprint density at radius 3 is 2.64 bits per heavy atom. The number of rotatable bonds is 2. The van der Waals surface area contributed by atoms with Crippen LogP contribution in [-0.4, -0.2) is 25.1 Å². The molecule has 1 heterocycles. The number of benzene rings is 2. The molecule has 2 aromatic rings. The number of urea groups is 1. The average molecular weight is 320 g/mol. The second-order valence-corrected chi connectivity index (χ2v) is 6.52. The molecule has 0 spiro atoms. The lowest BCUT2D eigenvalue weighted by Crippen LogP contribution is -2.46. The van der Waals surface area contributed by atoms with Gasteiger partial charge in [-0.1, -0.05) is 18.2 Å². The fraction of sp³-hybridized carbons (Fsp3) is 0.133. The molecule has 0 aliphatic carbocycles. The maximum absolute atomic E-state index is 14.3. The number of carbonyl (C=O) groups is 1. The topological polar surface area (TPSA) is 53.6 Å². The van der Waals surface area contributed by atoms with Crippen molar-refractivity contribution in [2.75, 3.05) is 14.1 Å². The van der Waals surface area contributed by atoms with E-state index in [-0.39, 0.29) is 0 Å². The highest BCUT2D eigenvalue weighted by molar-refractivity contribution is 7.96. The highest BCUT2D eigenvalue weighted by atomic mass is 32.2. The Morgan fingerprint density at radius 2 is 1.86 bits per heavy atom. The van der Waals surface area contributed by atoms with Gasteiger partial charge in [-0.2, -0.15) is 0 Å². The first-order valence-corrected chi connectivity index (χ1v) is 7.83. The molecule has 1 aliphatic heterocycles. The van der Waals surface area contributed by atoms with Gasteiger partial charge in [0.1, 0.15) is 0 Å². The molecule has 1 aliphatic rings. The number of hydrogen-bond donors (Lipinski definition) is 2. The molecule has 0 saturated carbocycles. The summed E-state index contributed by atoms with van der Waals surface area (Å²) in [5.41, 5.74) is 2.60. The molecule has 0 radical (unpaired) electrons. The Kier molecular flexibility index (Phi) is 3.91. The molecule has 0 aromatic heterocycles. The third kappa shape index (κ3) is 2.72. The predicted octanol–water partition coefficient (Wildman–Crippen LogP) is 2.66. The SMILES string of the molecule is CN(C)NC(=O)N[S+]1c2ccccc2Oc2cccc(F)c21. The maximum atomic E-state index is 14.3. The van der Waals surface area contributed by atoms with Gasteiger partial charge in [0.2, 0.25) is 4.90 Å². The molecule has 22 heavy (non-hydrogen) atoms. The van der Waals surface area contributed by atoms with Gasteiger partial charge in [-0.25, -0.2) is 14.2 Å². The third-order valence-electron chi connectivity index (χ3n) is 2.94. The van der Waals surface area contributed by atoms with E-state index in [2.05, 4.69) is 10.1 Å². The van der Waals surface area contributed by atoms with Crippen molar-refractivity contribution >= 4 is 17.1 Å². The van der Waals surface area contributed by atoms with Crippen LogP contribution in [0.1, 0.15) is 0 Å². The summed E-state index contributed by atoms with van der Waals surface area (Å²) >= 11 is -0.941. The molecule has 2 amide bonds. The zero-order valence-electron chi connectivity index (χ0n) is 12.1. The van der Waals surface area contributed by atoms with E-state index in [0.717, 1.165) is 4.90 Å². The summed E-state index contributed by atoms with van der Waals surface area (Å²) in [5.74, 6) is 0.641. The van der Waals surface area contributed by atoms with Crippen LogP contribution in [0.15, 0.2) is 52.3 Å². The van der Waals surface area contributed by atoms with Gasteiger partial charge in [0, 0.05) is 20.2 Å². The van der Waals surface area contributed by atoms with E-state index in [0.29, 0.717) is 16.4 Å². The molecule has 3 rings (SSSR count). The van der Waals surface area contributed by atoms with Gasteiger partial charge in [-0.05, 0) is 18.2 Å². The van der Waals surface area contributed by atoms with Crippen LogP contribution >= 0.6 is 0 Å². The molecule has 5 nitrogen and oxygen atoms in total. The summed E-state index contributed by atoms with van der Waals surface area (Å²) in [5, 5.41) is 1.52. The normalized spacial score (nSPS) is 15.5. The van der Waals surface area contributed by atoms with Crippen molar-refractivity contribution < 1.29 is 13.9 Å². The Hall–Kier alpha value is -2.25. The zero-order chi connectivity index (χ0) is 15.7. The Labute approximate surface area is 130 Å². The van der Waals surface area contributed by atoms with Crippen LogP contribution in [0.4, 0.5) is 9.18 Å². The minimum Gasteiger partial charge on any atom is -0.446 e. The van der Waals surface area contributed by atoms with E-state index in [1.807, 2.05) is 18.2 Å². The molecule has 0 bridgehead atoms. The fourth-order valence-electron chi connectivity index (χ4n) is 2.12. The molecular weight excluding hydrogens is 305 g/mol. The molecule has 7 heteroatoms. The van der Waals surface area contributed by atoms with Gasteiger partial charge < -0.3 is 4.74 Å². The molecule has 2 aromatic carbocycles. The van der Waals surface area contributed by atoms with Crippen molar-refractivity contribution in [2.24, 2.45) is 0 Å². The van der Waals surface area contributed by atoms with E-state index < -0.39 is 22.9 Å². The monoisotopic (exact) mass is 320 g/mol. The third-order valence-corrected chi connectivity index (χ3v) is 4.91. The van der Waals surface area contributed by atoms with Crippen molar-refractivity contribution in [1.82, 2.24) is 15.2 Å². The van der Waals surface area contributed by atoms with Crippen LogP contribution in [0.5, 0.6) is 11.5 Å². The van der Waals surface area contributed by atoms with E-state index in [4.69, 9.17) is 4.74 Å². The summed E-state index contributed by atoms with van der Waals surface area (Å²) in [4.78, 5) is 13.1. The second-order valence-electron chi connectivity index (χ2n) is 4.86. The van der Waals surface area contributed by atoms with E-state index in [1.54, 1.807) is 32.3 Å². The van der Waals surface area contributed by atoms with Gasteiger partial charge in [-0.3, -0.25) is 5.43 Å². The molecule has 2 N–H and O–H groups in total. The van der Waals surface area contributed by atoms with Gasteiger partial charge in [0.25, 0.3) is 4.90 Å². The highest BCUT2D eigenvalue weighted by Gasteiger charge is 2.42. The zero-order valence-corrected chi connectivity index (χ0v) is 12.9. The molecule has 1 unspecified atom stereocenters. The van der Waals surface area contributed by atoms with Gasteiger partial charge in [0.15, 0.2) is 28.4 Å². The first-order chi connectivity index (χ1) is 10.6. The smallest absolute Gasteiger partial charge is 0.371 e. The lowest BCUT2D eigenvalue weighted by atomic mass is 10.3. The van der Waals surface area contributed by atoms with Crippen LogP contribution in [-0.2, 0) is 11.1 Å². The fourth-order valence-corrected chi connectivity index (χ4v) is 3.89. The van der Waals surface area contributed by atoms with Gasteiger partial charge in [-0.15, -0.1) is 4.72 Å². The first-order valence-electron chi connectivity index (χ1n) is 6.60. The number of hydrazine groups is 1. The van der Waals surface area contributed by atoms with Crippen LogP contribution in [0.2, 0.25) is 0 Å². The molecule has 114 valence electrons. The Bertz CT molecular complexity index is 724. The summed E-state index contributed by atoms with van der Waals surface area (Å²) < 4.78 is 22.8. The second kappa shape index (κ2) is 5.86. The number of para-hydroxylation sites is 1. The van der Waals surface area contributed by atoms with Crippen molar-refractivity contribution in [3.05, 3.63) is 48.3 Å². The summed E-state index contributed by atoms with van der Waals surface area (Å²) in [6.45, 7) is 0. The molecule has 0 fully saturated rings. The maximum Gasteiger partial charge on any atom is 0.371 e. The van der Waals surface area contributed by atoms with Crippen LogP contribution < -0.4 is 14.9 Å². The standard InChI is InChI=1S/C15H14FN3O2S/c1-19(2)17-15(20)18-22-13-9-4-3-7-11(13)21-12-8-5-6-10(16)14(12)22/h3-9H,1-2H3,(H-,17,18,20)/p+1. The largest absolute Gasteiger partial charge is 0.446 e. The van der Waals surface area contributed by atoms with E-state index in [1.165, 1.54) is 11.1 Å². The predicted molar refractivity (Wildman–Crippen MR) is 82.2 cm³/mol. The van der Waals surface area contributed by atoms with Crippen molar-refractivity contribution in [2.45, 2.75) is 9.79 Å². The van der Waals surface area contributed by atoms with Gasteiger partial charge in [0.05, 0.1) is 0 Å². The quantitative estimate of drug-likeness (QED) is 0.661. The summed E-state index contributed by atoms with van der Waals surface area (Å²) in [6.07, 6.45) is 0. The van der Waals surface area contributed by atoms with E-state index in [9.17, 15) is 9.18 Å². The first kappa shape index (κ1) is 14.7. The summed E-state index contributed by atoms with van der Waals surface area (Å²) in [6, 6.07) is 11.5. The van der Waals surface area contributed by atoms with Crippen molar-refractivity contribution in [3.63, 3.8) is 0 Å². The van der Waals surface area contributed by atoms with Crippen LogP contribution in [0.3, 0.4) is 0 Å². The highest BCUT2D eigenvalue weighted by Crippen LogP contribution is 2.43. The lowest BCUT2D eigenvalue weighted by molar-refractivity contribution is 0.218. The van der Waals surface area contributed by atoms with E-state index >= 15 is 0 Å². The number of fused-ring (bicyclic) bond motifs is 2. The molecule has 1 atom stereocenters. The molecular formula is C15H15FN3O2S+. The minimum atomic E-state index is -0.941.